The highest BCUT2D eigenvalue weighted by molar-refractivity contribution is 7.11. The highest BCUT2D eigenvalue weighted by atomic mass is 32.1. The highest BCUT2D eigenvalue weighted by Gasteiger charge is 2.22. The first kappa shape index (κ1) is 15.7. The van der Waals surface area contributed by atoms with Crippen LogP contribution in [0.1, 0.15) is 36.4 Å². The number of carbonyl (C=O) groups is 2. The SMILES string of the molecule is Cc1ccc(CCCC(=O)NC(C(=O)O)C(C)C)s1. The molecule has 106 valence electrons. The number of carboxylic acids is 1. The van der Waals surface area contributed by atoms with Crippen LogP contribution in [0.5, 0.6) is 0 Å². The third kappa shape index (κ3) is 5.42. The van der Waals surface area contributed by atoms with E-state index in [0.29, 0.717) is 6.42 Å². The Kier molecular flexibility index (Phi) is 6.02. The summed E-state index contributed by atoms with van der Waals surface area (Å²) in [6.45, 7) is 5.63. The molecule has 1 amide bonds. The van der Waals surface area contributed by atoms with Crippen molar-refractivity contribution in [2.24, 2.45) is 5.92 Å². The highest BCUT2D eigenvalue weighted by Crippen LogP contribution is 2.17. The molecule has 0 spiro atoms. The van der Waals surface area contributed by atoms with Crippen LogP contribution in [-0.4, -0.2) is 23.0 Å². The van der Waals surface area contributed by atoms with Crippen LogP contribution in [0.2, 0.25) is 0 Å². The average Bonchev–Trinajstić information content (AvgIpc) is 2.71. The first-order valence-electron chi connectivity index (χ1n) is 6.47. The van der Waals surface area contributed by atoms with Gasteiger partial charge in [-0.1, -0.05) is 13.8 Å². The summed E-state index contributed by atoms with van der Waals surface area (Å²) in [4.78, 5) is 25.2. The molecule has 0 radical (unpaired) electrons. The molecule has 1 aromatic rings. The predicted octanol–water partition coefficient (Wildman–Crippen LogP) is 2.60. The Labute approximate surface area is 117 Å². The van der Waals surface area contributed by atoms with Crippen molar-refractivity contribution in [3.05, 3.63) is 21.9 Å². The van der Waals surface area contributed by atoms with Gasteiger partial charge >= 0.3 is 5.97 Å². The first-order valence-corrected chi connectivity index (χ1v) is 7.29. The van der Waals surface area contributed by atoms with Crippen molar-refractivity contribution < 1.29 is 14.7 Å². The van der Waals surface area contributed by atoms with E-state index in [9.17, 15) is 9.59 Å². The first-order chi connectivity index (χ1) is 8.90. The molecule has 0 aromatic carbocycles. The zero-order chi connectivity index (χ0) is 14.4. The van der Waals surface area contributed by atoms with Crippen molar-refractivity contribution >= 4 is 23.2 Å². The van der Waals surface area contributed by atoms with E-state index in [0.717, 1.165) is 12.8 Å². The Morgan fingerprint density at radius 1 is 1.37 bits per heavy atom. The molecule has 4 nitrogen and oxygen atoms in total. The summed E-state index contributed by atoms with van der Waals surface area (Å²) in [6.07, 6.45) is 1.98. The summed E-state index contributed by atoms with van der Waals surface area (Å²) in [7, 11) is 0. The Morgan fingerprint density at radius 2 is 2.05 bits per heavy atom. The van der Waals surface area contributed by atoms with Crippen LogP contribution in [0.25, 0.3) is 0 Å². The Hall–Kier alpha value is -1.36. The number of amides is 1. The summed E-state index contributed by atoms with van der Waals surface area (Å²) in [5.41, 5.74) is 0. The van der Waals surface area contributed by atoms with E-state index >= 15 is 0 Å². The Morgan fingerprint density at radius 3 is 2.53 bits per heavy atom. The molecule has 0 saturated heterocycles. The summed E-state index contributed by atoms with van der Waals surface area (Å²) < 4.78 is 0. The van der Waals surface area contributed by atoms with Crippen LogP contribution >= 0.6 is 11.3 Å². The van der Waals surface area contributed by atoms with E-state index in [2.05, 4.69) is 24.4 Å². The molecule has 5 heteroatoms. The second-order valence-corrected chi connectivity index (χ2v) is 6.37. The maximum Gasteiger partial charge on any atom is 0.326 e. The largest absolute Gasteiger partial charge is 0.480 e. The molecule has 0 aliphatic heterocycles. The molecular formula is C14H21NO3S. The van der Waals surface area contributed by atoms with Crippen LogP contribution in [0.4, 0.5) is 0 Å². The van der Waals surface area contributed by atoms with Gasteiger partial charge in [-0.05, 0) is 37.8 Å². The van der Waals surface area contributed by atoms with Crippen LogP contribution in [0.15, 0.2) is 12.1 Å². The minimum absolute atomic E-state index is 0.110. The van der Waals surface area contributed by atoms with E-state index in [4.69, 9.17) is 5.11 Å². The normalized spacial score (nSPS) is 12.4. The van der Waals surface area contributed by atoms with Crippen molar-refractivity contribution in [1.29, 1.82) is 0 Å². The van der Waals surface area contributed by atoms with Gasteiger partial charge in [-0.3, -0.25) is 4.79 Å². The summed E-state index contributed by atoms with van der Waals surface area (Å²) in [5.74, 6) is -1.27. The van der Waals surface area contributed by atoms with Crippen molar-refractivity contribution in [2.75, 3.05) is 0 Å². The number of nitrogens with one attached hydrogen (secondary N) is 1. The third-order valence-corrected chi connectivity index (χ3v) is 3.93. The van der Waals surface area contributed by atoms with E-state index in [1.54, 1.807) is 25.2 Å². The molecule has 1 rings (SSSR count). The van der Waals surface area contributed by atoms with Gasteiger partial charge in [0.2, 0.25) is 5.91 Å². The number of hydrogen-bond acceptors (Lipinski definition) is 3. The fourth-order valence-corrected chi connectivity index (χ4v) is 2.73. The molecule has 1 heterocycles. The molecule has 0 aliphatic carbocycles. The number of aliphatic carboxylic acids is 1. The lowest BCUT2D eigenvalue weighted by molar-refractivity contribution is -0.143. The van der Waals surface area contributed by atoms with Gasteiger partial charge in [-0.25, -0.2) is 4.79 Å². The lowest BCUT2D eigenvalue weighted by Crippen LogP contribution is -2.44. The number of aryl methyl sites for hydroxylation is 2. The van der Waals surface area contributed by atoms with Gasteiger partial charge in [0.15, 0.2) is 0 Å². The minimum atomic E-state index is -0.975. The van der Waals surface area contributed by atoms with E-state index in [1.165, 1.54) is 9.75 Å². The van der Waals surface area contributed by atoms with Crippen LogP contribution < -0.4 is 5.32 Å². The number of thiophene rings is 1. The van der Waals surface area contributed by atoms with Gasteiger partial charge in [0.1, 0.15) is 6.04 Å². The minimum Gasteiger partial charge on any atom is -0.480 e. The molecule has 2 N–H and O–H groups in total. The predicted molar refractivity (Wildman–Crippen MR) is 76.4 cm³/mol. The molecule has 0 fully saturated rings. The van der Waals surface area contributed by atoms with Gasteiger partial charge in [-0.2, -0.15) is 0 Å². The van der Waals surface area contributed by atoms with E-state index < -0.39 is 12.0 Å². The maximum absolute atomic E-state index is 11.7. The van der Waals surface area contributed by atoms with Gasteiger partial charge < -0.3 is 10.4 Å². The monoisotopic (exact) mass is 283 g/mol. The zero-order valence-corrected chi connectivity index (χ0v) is 12.4. The molecule has 0 bridgehead atoms. The summed E-state index contributed by atoms with van der Waals surface area (Å²) >= 11 is 1.74. The van der Waals surface area contributed by atoms with Gasteiger partial charge in [0.05, 0.1) is 0 Å². The summed E-state index contributed by atoms with van der Waals surface area (Å²) in [6, 6.07) is 3.35. The molecular weight excluding hydrogens is 262 g/mol. The standard InChI is InChI=1S/C14H21NO3S/c1-9(2)13(14(17)18)15-12(16)6-4-5-11-8-7-10(3)19-11/h7-9,13H,4-6H2,1-3H3,(H,15,16)(H,17,18). The number of carbonyl (C=O) groups excluding carboxylic acids is 1. The van der Waals surface area contributed by atoms with E-state index in [1.807, 2.05) is 0 Å². The molecule has 1 aromatic heterocycles. The lowest BCUT2D eigenvalue weighted by Gasteiger charge is -2.17. The van der Waals surface area contributed by atoms with Crippen LogP contribution in [0, 0.1) is 12.8 Å². The quantitative estimate of drug-likeness (QED) is 0.808. The fourth-order valence-electron chi connectivity index (χ4n) is 1.80. The lowest BCUT2D eigenvalue weighted by atomic mass is 10.0. The topological polar surface area (TPSA) is 66.4 Å². The Balaban J connectivity index is 2.33. The van der Waals surface area contributed by atoms with Crippen molar-refractivity contribution in [2.45, 2.75) is 46.1 Å². The third-order valence-electron chi connectivity index (χ3n) is 2.87. The smallest absolute Gasteiger partial charge is 0.326 e. The van der Waals surface area contributed by atoms with Crippen molar-refractivity contribution in [3.63, 3.8) is 0 Å². The van der Waals surface area contributed by atoms with Crippen LogP contribution in [-0.2, 0) is 16.0 Å². The maximum atomic E-state index is 11.7. The van der Waals surface area contributed by atoms with Gasteiger partial charge in [-0.15, -0.1) is 11.3 Å². The number of carboxylic acid groups (broad SMARTS) is 1. The fraction of sp³-hybridized carbons (Fsp3) is 0.571. The molecule has 19 heavy (non-hydrogen) atoms. The molecule has 1 atom stereocenters. The zero-order valence-electron chi connectivity index (χ0n) is 11.6. The second kappa shape index (κ2) is 7.28. The molecule has 0 saturated carbocycles. The van der Waals surface area contributed by atoms with Gasteiger partial charge in [0.25, 0.3) is 0 Å². The van der Waals surface area contributed by atoms with Crippen LogP contribution in [0.3, 0.4) is 0 Å². The van der Waals surface area contributed by atoms with Crippen molar-refractivity contribution in [3.8, 4) is 0 Å². The summed E-state index contributed by atoms with van der Waals surface area (Å²) in [5, 5.41) is 11.6. The number of rotatable bonds is 7. The average molecular weight is 283 g/mol. The second-order valence-electron chi connectivity index (χ2n) is 4.99. The van der Waals surface area contributed by atoms with Crippen molar-refractivity contribution in [1.82, 2.24) is 5.32 Å². The van der Waals surface area contributed by atoms with Gasteiger partial charge in [0, 0.05) is 16.2 Å². The van der Waals surface area contributed by atoms with E-state index in [-0.39, 0.29) is 11.8 Å². The number of hydrogen-bond donors (Lipinski definition) is 2. The molecule has 0 aliphatic rings. The molecule has 1 unspecified atom stereocenters. The Bertz CT molecular complexity index is 440.